The van der Waals surface area contributed by atoms with Gasteiger partial charge in [0.1, 0.15) is 5.82 Å². The predicted octanol–water partition coefficient (Wildman–Crippen LogP) is 4.88. The van der Waals surface area contributed by atoms with Gasteiger partial charge in [0.15, 0.2) is 0 Å². The van der Waals surface area contributed by atoms with E-state index in [0.717, 1.165) is 68.3 Å². The van der Waals surface area contributed by atoms with Crippen molar-refractivity contribution in [2.45, 2.75) is 62.7 Å². The molecule has 1 heterocycles. The summed E-state index contributed by atoms with van der Waals surface area (Å²) in [5.74, 6) is -0.503. The molecule has 0 spiro atoms. The van der Waals surface area contributed by atoms with Crippen molar-refractivity contribution >= 4 is 20.1 Å². The molecule has 0 unspecified atom stereocenters. The van der Waals surface area contributed by atoms with Gasteiger partial charge in [0.05, 0.1) is 27.7 Å². The number of rotatable bonds is 14. The fraction of sp³-hybridized carbons (Fsp3) is 0.400. The van der Waals surface area contributed by atoms with Crippen LogP contribution in [0.4, 0.5) is 4.39 Å². The summed E-state index contributed by atoms with van der Waals surface area (Å²) in [5.41, 5.74) is 3.12. The lowest BCUT2D eigenvalue weighted by atomic mass is 10.1. The van der Waals surface area contributed by atoms with E-state index in [9.17, 15) is 21.2 Å². The van der Waals surface area contributed by atoms with Crippen molar-refractivity contribution in [2.75, 3.05) is 5.75 Å². The molecule has 0 bridgehead atoms. The highest BCUT2D eigenvalue weighted by Crippen LogP contribution is 2.26. The summed E-state index contributed by atoms with van der Waals surface area (Å²) in [6, 6.07) is 14.3. The molecule has 0 saturated carbocycles. The minimum Gasteiger partial charge on any atom is -0.286 e. The maximum absolute atomic E-state index is 13.5. The third-order valence-electron chi connectivity index (χ3n) is 5.89. The molecule has 0 fully saturated rings. The largest absolute Gasteiger partial charge is 0.286 e. The Hall–Kier alpha value is -2.60. The Kier molecular flexibility index (Phi) is 9.77. The Morgan fingerprint density at radius 1 is 0.806 bits per heavy atom. The SMILES string of the molecule is NS(=O)(=O)c1ccc(-n2nc(CCCCCCCCCCS(=O)(=O)O)cc2-c2ccc(F)cc2)cc1. The van der Waals surface area contributed by atoms with Crippen LogP contribution in [0.25, 0.3) is 16.9 Å². The van der Waals surface area contributed by atoms with Crippen molar-refractivity contribution in [1.82, 2.24) is 9.78 Å². The standard InChI is InChI=1S/C25H32FN3O5S2/c26-21-12-10-20(11-13-21)25-19-22(9-7-5-3-1-2-4-6-8-18-35(30,31)32)28-29(25)23-14-16-24(17-15-23)36(27,33)34/h10-17,19H,1-9,18H2,(H2,27,33,34)(H,30,31,32). The normalized spacial score (nSPS) is 12.2. The summed E-state index contributed by atoms with van der Waals surface area (Å²) >= 11 is 0. The van der Waals surface area contributed by atoms with Gasteiger partial charge in [-0.05, 0) is 73.9 Å². The van der Waals surface area contributed by atoms with E-state index in [1.807, 2.05) is 6.07 Å². The predicted molar refractivity (Wildman–Crippen MR) is 137 cm³/mol. The highest BCUT2D eigenvalue weighted by Gasteiger charge is 2.14. The molecule has 0 atom stereocenters. The van der Waals surface area contributed by atoms with E-state index in [1.54, 1.807) is 28.9 Å². The molecule has 0 aliphatic carbocycles. The second-order valence-corrected chi connectivity index (χ2v) is 12.0. The van der Waals surface area contributed by atoms with E-state index >= 15 is 0 Å². The van der Waals surface area contributed by atoms with Gasteiger partial charge in [-0.25, -0.2) is 22.6 Å². The van der Waals surface area contributed by atoms with Crippen LogP contribution in [0.1, 0.15) is 57.1 Å². The van der Waals surface area contributed by atoms with Crippen LogP contribution in [-0.2, 0) is 26.6 Å². The molecule has 1 aromatic heterocycles. The molecular weight excluding hydrogens is 505 g/mol. The molecule has 0 aliphatic rings. The number of sulfonamides is 1. The number of benzene rings is 2. The number of halogens is 1. The fourth-order valence-corrected chi connectivity index (χ4v) is 5.09. The minimum absolute atomic E-state index is 0.0143. The van der Waals surface area contributed by atoms with Gasteiger partial charge in [-0.2, -0.15) is 13.5 Å². The summed E-state index contributed by atoms with van der Waals surface area (Å²) in [4.78, 5) is 0.0143. The summed E-state index contributed by atoms with van der Waals surface area (Å²) in [6.07, 6.45) is 8.15. The smallest absolute Gasteiger partial charge is 0.264 e. The van der Waals surface area contributed by atoms with Gasteiger partial charge < -0.3 is 0 Å². The average molecular weight is 538 g/mol. The van der Waals surface area contributed by atoms with E-state index in [2.05, 4.69) is 0 Å². The van der Waals surface area contributed by atoms with Crippen molar-refractivity contribution in [3.63, 3.8) is 0 Å². The lowest BCUT2D eigenvalue weighted by molar-refractivity contribution is 0.478. The van der Waals surface area contributed by atoms with E-state index in [0.29, 0.717) is 12.1 Å². The molecule has 0 saturated heterocycles. The monoisotopic (exact) mass is 537 g/mol. The lowest BCUT2D eigenvalue weighted by Gasteiger charge is -2.08. The molecule has 0 radical (unpaired) electrons. The van der Waals surface area contributed by atoms with Crippen LogP contribution < -0.4 is 5.14 Å². The molecule has 8 nitrogen and oxygen atoms in total. The van der Waals surface area contributed by atoms with Crippen molar-refractivity contribution in [1.29, 1.82) is 0 Å². The highest BCUT2D eigenvalue weighted by molar-refractivity contribution is 7.89. The molecule has 3 rings (SSSR count). The minimum atomic E-state index is -3.86. The number of nitrogens with zero attached hydrogens (tertiary/aromatic N) is 2. The van der Waals surface area contributed by atoms with Gasteiger partial charge in [0.25, 0.3) is 10.1 Å². The van der Waals surface area contributed by atoms with E-state index in [-0.39, 0.29) is 16.5 Å². The van der Waals surface area contributed by atoms with Gasteiger partial charge in [0.2, 0.25) is 10.0 Å². The molecule has 11 heteroatoms. The molecule has 196 valence electrons. The first kappa shape index (κ1) is 28.0. The van der Waals surface area contributed by atoms with Crippen molar-refractivity contribution < 1.29 is 25.8 Å². The van der Waals surface area contributed by atoms with Gasteiger partial charge >= 0.3 is 0 Å². The molecule has 36 heavy (non-hydrogen) atoms. The third kappa shape index (κ3) is 8.81. The lowest BCUT2D eigenvalue weighted by Crippen LogP contribution is -2.12. The van der Waals surface area contributed by atoms with Crippen LogP contribution in [0, 0.1) is 5.82 Å². The topological polar surface area (TPSA) is 132 Å². The van der Waals surface area contributed by atoms with Crippen LogP contribution in [0.15, 0.2) is 59.5 Å². The van der Waals surface area contributed by atoms with Crippen molar-refractivity contribution in [2.24, 2.45) is 5.14 Å². The van der Waals surface area contributed by atoms with E-state index in [4.69, 9.17) is 14.8 Å². The fourth-order valence-electron chi connectivity index (χ4n) is 4.00. The number of aryl methyl sites for hydroxylation is 1. The molecule has 3 aromatic rings. The number of aromatic nitrogens is 2. The highest BCUT2D eigenvalue weighted by atomic mass is 32.2. The van der Waals surface area contributed by atoms with Crippen LogP contribution >= 0.6 is 0 Å². The quantitative estimate of drug-likeness (QED) is 0.223. The Labute approximate surface area is 212 Å². The Morgan fingerprint density at radius 2 is 1.36 bits per heavy atom. The summed E-state index contributed by atoms with van der Waals surface area (Å²) in [5, 5.41) is 9.93. The zero-order valence-corrected chi connectivity index (χ0v) is 21.6. The molecule has 0 aliphatic heterocycles. The Balaban J connectivity index is 1.58. The van der Waals surface area contributed by atoms with Gasteiger partial charge in [-0.15, -0.1) is 0 Å². The zero-order valence-electron chi connectivity index (χ0n) is 20.0. The van der Waals surface area contributed by atoms with Crippen molar-refractivity contribution in [3.8, 4) is 16.9 Å². The van der Waals surface area contributed by atoms with Gasteiger partial charge in [-0.3, -0.25) is 4.55 Å². The summed E-state index contributed by atoms with van der Waals surface area (Å²) < 4.78 is 68.5. The average Bonchev–Trinajstić information content (AvgIpc) is 3.24. The molecular formula is C25H32FN3O5S2. The number of nitrogens with two attached hydrogens (primary N) is 1. The first-order valence-electron chi connectivity index (χ1n) is 12.0. The maximum atomic E-state index is 13.5. The van der Waals surface area contributed by atoms with Gasteiger partial charge in [0, 0.05) is 5.56 Å². The summed E-state index contributed by atoms with van der Waals surface area (Å²) in [6.45, 7) is 0. The molecule has 3 N–H and O–H groups in total. The Bertz CT molecular complexity index is 1340. The zero-order chi connectivity index (χ0) is 26.2. The number of unbranched alkanes of at least 4 members (excludes halogenated alkanes) is 7. The van der Waals surface area contributed by atoms with Crippen LogP contribution in [0.5, 0.6) is 0 Å². The third-order valence-corrected chi connectivity index (χ3v) is 7.63. The number of hydrogen-bond acceptors (Lipinski definition) is 5. The second kappa shape index (κ2) is 12.6. The first-order chi connectivity index (χ1) is 17.0. The first-order valence-corrected chi connectivity index (χ1v) is 15.1. The van der Waals surface area contributed by atoms with Crippen LogP contribution in [-0.4, -0.2) is 36.9 Å². The van der Waals surface area contributed by atoms with Gasteiger partial charge in [-0.1, -0.05) is 38.5 Å². The van der Waals surface area contributed by atoms with E-state index < -0.39 is 20.1 Å². The number of hydrogen-bond donors (Lipinski definition) is 2. The Morgan fingerprint density at radius 3 is 1.92 bits per heavy atom. The number of primary sulfonamides is 1. The van der Waals surface area contributed by atoms with Crippen molar-refractivity contribution in [3.05, 3.63) is 66.1 Å². The second-order valence-electron chi connectivity index (χ2n) is 8.84. The summed E-state index contributed by atoms with van der Waals surface area (Å²) in [7, 11) is -7.66. The van der Waals surface area contributed by atoms with Crippen LogP contribution in [0.2, 0.25) is 0 Å². The van der Waals surface area contributed by atoms with E-state index in [1.165, 1.54) is 24.3 Å². The molecule has 2 aromatic carbocycles. The van der Waals surface area contributed by atoms with Crippen LogP contribution in [0.3, 0.4) is 0 Å². The molecule has 0 amide bonds. The maximum Gasteiger partial charge on any atom is 0.264 e.